The summed E-state index contributed by atoms with van der Waals surface area (Å²) in [5.41, 5.74) is 2.35. The lowest BCUT2D eigenvalue weighted by atomic mass is 10.1. The highest BCUT2D eigenvalue weighted by Crippen LogP contribution is 2.27. The molecule has 0 saturated heterocycles. The van der Waals surface area contributed by atoms with Gasteiger partial charge in [-0.25, -0.2) is 13.2 Å². The lowest BCUT2D eigenvalue weighted by Crippen LogP contribution is -2.15. The molecule has 1 heterocycles. The van der Waals surface area contributed by atoms with Crippen LogP contribution in [0.4, 0.5) is 5.69 Å². The number of anilines is 1. The zero-order valence-corrected chi connectivity index (χ0v) is 14.2. The maximum atomic E-state index is 12.8. The zero-order chi connectivity index (χ0) is 17.5. The molecule has 0 aliphatic carbocycles. The van der Waals surface area contributed by atoms with Crippen molar-refractivity contribution in [3.63, 3.8) is 0 Å². The quantitative estimate of drug-likeness (QED) is 0.673. The smallest absolute Gasteiger partial charge is 0.323 e. The number of aromatic amines is 2. The minimum Gasteiger partial charge on any atom is -0.497 e. The van der Waals surface area contributed by atoms with Crippen LogP contribution in [0, 0.1) is 13.8 Å². The van der Waals surface area contributed by atoms with E-state index in [1.807, 2.05) is 0 Å². The maximum absolute atomic E-state index is 12.8. The molecule has 0 saturated carbocycles. The number of nitrogens with one attached hydrogen (secondary N) is 3. The number of benzene rings is 2. The molecule has 0 aliphatic heterocycles. The van der Waals surface area contributed by atoms with Gasteiger partial charge in [0.1, 0.15) is 5.75 Å². The second-order valence-corrected chi connectivity index (χ2v) is 7.15. The average molecular weight is 347 g/mol. The molecule has 8 heteroatoms. The molecule has 0 atom stereocenters. The van der Waals surface area contributed by atoms with Crippen LogP contribution in [0.2, 0.25) is 0 Å². The number of aryl methyl sites for hydroxylation is 2. The summed E-state index contributed by atoms with van der Waals surface area (Å²) in [5.74, 6) is 0.607. The van der Waals surface area contributed by atoms with Crippen molar-refractivity contribution in [1.82, 2.24) is 9.97 Å². The fraction of sp³-hybridized carbons (Fsp3) is 0.188. The molecule has 24 heavy (non-hydrogen) atoms. The van der Waals surface area contributed by atoms with Gasteiger partial charge in [0, 0.05) is 0 Å². The van der Waals surface area contributed by atoms with E-state index >= 15 is 0 Å². The highest BCUT2D eigenvalue weighted by atomic mass is 32.2. The van der Waals surface area contributed by atoms with E-state index in [1.54, 1.807) is 44.2 Å². The first kappa shape index (κ1) is 16.1. The highest BCUT2D eigenvalue weighted by molar-refractivity contribution is 7.92. The Kier molecular flexibility index (Phi) is 3.84. The number of imidazole rings is 1. The van der Waals surface area contributed by atoms with Gasteiger partial charge in [0.15, 0.2) is 0 Å². The van der Waals surface area contributed by atoms with E-state index in [-0.39, 0.29) is 10.6 Å². The molecule has 3 aromatic rings. The van der Waals surface area contributed by atoms with Crippen molar-refractivity contribution in [3.8, 4) is 5.75 Å². The van der Waals surface area contributed by atoms with Gasteiger partial charge in [-0.3, -0.25) is 4.72 Å². The fourth-order valence-electron chi connectivity index (χ4n) is 2.75. The minimum atomic E-state index is -3.77. The molecule has 3 rings (SSSR count). The molecule has 3 N–H and O–H groups in total. The molecule has 0 unspecified atom stereocenters. The van der Waals surface area contributed by atoms with E-state index in [2.05, 4.69) is 14.7 Å². The molecule has 7 nitrogen and oxygen atoms in total. The Balaban J connectivity index is 2.02. The van der Waals surface area contributed by atoms with Gasteiger partial charge in [-0.15, -0.1) is 0 Å². The number of aromatic nitrogens is 2. The maximum Gasteiger partial charge on any atom is 0.323 e. The molecule has 0 radical (unpaired) electrons. The number of sulfonamides is 1. The van der Waals surface area contributed by atoms with Crippen molar-refractivity contribution in [3.05, 3.63) is 51.9 Å². The van der Waals surface area contributed by atoms with Crippen molar-refractivity contribution in [2.45, 2.75) is 18.7 Å². The van der Waals surface area contributed by atoms with Crippen molar-refractivity contribution in [2.24, 2.45) is 0 Å². The third kappa shape index (κ3) is 2.88. The minimum absolute atomic E-state index is 0.214. The number of H-pyrrole nitrogens is 2. The first-order chi connectivity index (χ1) is 11.3. The summed E-state index contributed by atoms with van der Waals surface area (Å²) in [4.78, 5) is 16.7. The van der Waals surface area contributed by atoms with Crippen molar-refractivity contribution < 1.29 is 13.2 Å². The Labute approximate surface area is 138 Å². The van der Waals surface area contributed by atoms with Gasteiger partial charge in [-0.1, -0.05) is 0 Å². The summed E-state index contributed by atoms with van der Waals surface area (Å²) in [6.07, 6.45) is 0. The molecule has 0 aliphatic rings. The third-order valence-corrected chi connectivity index (χ3v) is 5.39. The summed E-state index contributed by atoms with van der Waals surface area (Å²) in [7, 11) is -2.23. The van der Waals surface area contributed by atoms with Gasteiger partial charge in [0.2, 0.25) is 0 Å². The number of fused-ring (bicyclic) bond motifs is 1. The van der Waals surface area contributed by atoms with E-state index < -0.39 is 10.0 Å². The normalized spacial score (nSPS) is 11.6. The van der Waals surface area contributed by atoms with Crippen molar-refractivity contribution >= 4 is 26.7 Å². The third-order valence-electron chi connectivity index (χ3n) is 3.71. The largest absolute Gasteiger partial charge is 0.497 e. The second kappa shape index (κ2) is 5.72. The summed E-state index contributed by atoms with van der Waals surface area (Å²) in [6.45, 7) is 3.44. The first-order valence-electron chi connectivity index (χ1n) is 7.20. The van der Waals surface area contributed by atoms with Gasteiger partial charge < -0.3 is 14.7 Å². The van der Waals surface area contributed by atoms with Crippen LogP contribution in [0.1, 0.15) is 11.1 Å². The standard InChI is InChI=1S/C16H17N3O4S/c1-9-6-12(23-3)7-10(2)15(9)24(21,22)19-11-4-5-13-14(8-11)18-16(20)17-13/h4-8,19H,1-3H3,(H2,17,18,20). The van der Waals surface area contributed by atoms with E-state index in [4.69, 9.17) is 4.74 Å². The molecular weight excluding hydrogens is 330 g/mol. The Morgan fingerprint density at radius 3 is 2.25 bits per heavy atom. The number of rotatable bonds is 4. The molecule has 0 amide bonds. The predicted molar refractivity (Wildman–Crippen MR) is 92.2 cm³/mol. The number of methoxy groups -OCH3 is 1. The van der Waals surface area contributed by atoms with E-state index in [1.165, 1.54) is 7.11 Å². The van der Waals surface area contributed by atoms with Gasteiger partial charge in [-0.2, -0.15) is 0 Å². The lowest BCUT2D eigenvalue weighted by molar-refractivity contribution is 0.413. The van der Waals surface area contributed by atoms with Crippen LogP contribution in [0.5, 0.6) is 5.75 Å². The van der Waals surface area contributed by atoms with Crippen LogP contribution in [-0.2, 0) is 10.0 Å². The number of ether oxygens (including phenoxy) is 1. The Bertz CT molecular complexity index is 1060. The molecule has 0 bridgehead atoms. The predicted octanol–water partition coefficient (Wildman–Crippen LogP) is 2.28. The summed E-state index contributed by atoms with van der Waals surface area (Å²) in [6, 6.07) is 8.15. The Hall–Kier alpha value is -2.74. The van der Waals surface area contributed by atoms with Gasteiger partial charge in [0.25, 0.3) is 10.0 Å². The fourth-order valence-corrected chi connectivity index (χ4v) is 4.26. The summed E-state index contributed by atoms with van der Waals surface area (Å²) < 4.78 is 33.2. The van der Waals surface area contributed by atoms with E-state index in [9.17, 15) is 13.2 Å². The summed E-state index contributed by atoms with van der Waals surface area (Å²) in [5, 5.41) is 0. The molecule has 0 fully saturated rings. The number of hydrogen-bond donors (Lipinski definition) is 3. The average Bonchev–Trinajstić information content (AvgIpc) is 2.84. The highest BCUT2D eigenvalue weighted by Gasteiger charge is 2.21. The van der Waals surface area contributed by atoms with Crippen LogP contribution < -0.4 is 15.1 Å². The Morgan fingerprint density at radius 2 is 1.62 bits per heavy atom. The van der Waals surface area contributed by atoms with E-state index in [0.29, 0.717) is 33.6 Å². The van der Waals surface area contributed by atoms with Gasteiger partial charge >= 0.3 is 5.69 Å². The molecular formula is C16H17N3O4S. The number of hydrogen-bond acceptors (Lipinski definition) is 4. The first-order valence-corrected chi connectivity index (χ1v) is 8.68. The zero-order valence-electron chi connectivity index (χ0n) is 13.4. The monoisotopic (exact) mass is 347 g/mol. The molecule has 1 aromatic heterocycles. The van der Waals surface area contributed by atoms with Crippen LogP contribution in [0.25, 0.3) is 11.0 Å². The van der Waals surface area contributed by atoms with Crippen LogP contribution in [-0.4, -0.2) is 25.5 Å². The molecule has 0 spiro atoms. The van der Waals surface area contributed by atoms with Crippen LogP contribution in [0.3, 0.4) is 0 Å². The Morgan fingerprint density at radius 1 is 1.00 bits per heavy atom. The second-order valence-electron chi connectivity index (χ2n) is 5.54. The van der Waals surface area contributed by atoms with Crippen molar-refractivity contribution in [1.29, 1.82) is 0 Å². The SMILES string of the molecule is COc1cc(C)c(S(=O)(=O)Nc2ccc3[nH]c(=O)[nH]c3c2)c(C)c1. The topological polar surface area (TPSA) is 104 Å². The van der Waals surface area contributed by atoms with E-state index in [0.717, 1.165) is 0 Å². The van der Waals surface area contributed by atoms with Crippen molar-refractivity contribution in [2.75, 3.05) is 11.8 Å². The van der Waals surface area contributed by atoms with Gasteiger partial charge in [-0.05, 0) is 55.3 Å². The van der Waals surface area contributed by atoms with Crippen LogP contribution in [0.15, 0.2) is 40.0 Å². The summed E-state index contributed by atoms with van der Waals surface area (Å²) >= 11 is 0. The molecule has 2 aromatic carbocycles. The molecule has 126 valence electrons. The lowest BCUT2D eigenvalue weighted by Gasteiger charge is -2.14. The van der Waals surface area contributed by atoms with Gasteiger partial charge in [0.05, 0.1) is 28.7 Å². The van der Waals surface area contributed by atoms with Crippen LogP contribution >= 0.6 is 0 Å².